The summed E-state index contributed by atoms with van der Waals surface area (Å²) in [7, 11) is 0. The molecule has 0 aliphatic heterocycles. The van der Waals surface area contributed by atoms with E-state index in [4.69, 9.17) is 11.6 Å². The maximum Gasteiger partial charge on any atom is 0.416 e. The Morgan fingerprint density at radius 3 is 2.35 bits per heavy atom. The third-order valence-corrected chi connectivity index (χ3v) is 2.13. The summed E-state index contributed by atoms with van der Waals surface area (Å²) < 4.78 is 76.9. The summed E-state index contributed by atoms with van der Waals surface area (Å²) in [4.78, 5) is 3.57. The minimum atomic E-state index is -4.59. The van der Waals surface area contributed by atoms with Gasteiger partial charge in [-0.15, -0.1) is 0 Å². The molecule has 0 radical (unpaired) electrons. The highest BCUT2D eigenvalue weighted by Gasteiger charge is 2.31. The second-order valence-corrected chi connectivity index (χ2v) is 4.04. The molecule has 10 heteroatoms. The van der Waals surface area contributed by atoms with E-state index in [0.717, 1.165) is 0 Å². The standard InChI is InChI=1S/C10H9ClF6N2O/c11-7-3-6(10(15,16)17)4-8(19-7)18-1-2-20-5-9(12,13)14/h3-4H,1-2,5H2,(H,18,19). The van der Waals surface area contributed by atoms with Crippen LogP contribution >= 0.6 is 11.6 Å². The topological polar surface area (TPSA) is 34.1 Å². The van der Waals surface area contributed by atoms with Crippen LogP contribution in [0.25, 0.3) is 0 Å². The quantitative estimate of drug-likeness (QED) is 0.509. The first kappa shape index (κ1) is 16.8. The van der Waals surface area contributed by atoms with Gasteiger partial charge >= 0.3 is 12.4 Å². The van der Waals surface area contributed by atoms with Gasteiger partial charge in [0.25, 0.3) is 0 Å². The largest absolute Gasteiger partial charge is 0.416 e. The van der Waals surface area contributed by atoms with Gasteiger partial charge in [-0.3, -0.25) is 0 Å². The van der Waals surface area contributed by atoms with Gasteiger partial charge in [0, 0.05) is 6.54 Å². The highest BCUT2D eigenvalue weighted by atomic mass is 35.5. The summed E-state index contributed by atoms with van der Waals surface area (Å²) in [5.74, 6) is -0.194. The van der Waals surface area contributed by atoms with E-state index in [-0.39, 0.29) is 24.1 Å². The first-order chi connectivity index (χ1) is 9.08. The number of nitrogens with zero attached hydrogens (tertiary/aromatic N) is 1. The van der Waals surface area contributed by atoms with Crippen molar-refractivity contribution in [1.29, 1.82) is 0 Å². The molecular formula is C10H9ClF6N2O. The molecule has 0 saturated carbocycles. The maximum atomic E-state index is 12.5. The highest BCUT2D eigenvalue weighted by molar-refractivity contribution is 6.29. The Kier molecular flexibility index (Phi) is 5.46. The highest BCUT2D eigenvalue weighted by Crippen LogP contribution is 2.31. The van der Waals surface area contributed by atoms with Crippen LogP contribution in [0.3, 0.4) is 0 Å². The van der Waals surface area contributed by atoms with Crippen LogP contribution < -0.4 is 5.32 Å². The number of alkyl halides is 6. The molecule has 0 unspecified atom stereocenters. The number of aromatic nitrogens is 1. The molecule has 0 aromatic carbocycles. The van der Waals surface area contributed by atoms with Gasteiger partial charge in [0.05, 0.1) is 12.2 Å². The van der Waals surface area contributed by atoms with Gasteiger partial charge in [-0.2, -0.15) is 26.3 Å². The molecule has 3 nitrogen and oxygen atoms in total. The second kappa shape index (κ2) is 6.49. The van der Waals surface area contributed by atoms with Crippen LogP contribution in [0, 0.1) is 0 Å². The lowest BCUT2D eigenvalue weighted by atomic mass is 10.2. The first-order valence-electron chi connectivity index (χ1n) is 5.21. The molecule has 0 aliphatic carbocycles. The molecular weight excluding hydrogens is 314 g/mol. The van der Waals surface area contributed by atoms with E-state index in [1.807, 2.05) is 0 Å². The van der Waals surface area contributed by atoms with Crippen molar-refractivity contribution in [3.8, 4) is 0 Å². The van der Waals surface area contributed by atoms with Crippen LogP contribution in [-0.4, -0.2) is 30.9 Å². The third kappa shape index (κ3) is 6.29. The van der Waals surface area contributed by atoms with Crippen LogP contribution in [0.1, 0.15) is 5.56 Å². The van der Waals surface area contributed by atoms with Gasteiger partial charge in [0.15, 0.2) is 0 Å². The molecule has 1 N–H and O–H groups in total. The first-order valence-corrected chi connectivity index (χ1v) is 5.59. The Hall–Kier alpha value is -1.22. The summed E-state index contributed by atoms with van der Waals surface area (Å²) >= 11 is 5.42. The molecule has 0 atom stereocenters. The van der Waals surface area contributed by atoms with Crippen molar-refractivity contribution < 1.29 is 31.1 Å². The van der Waals surface area contributed by atoms with E-state index in [2.05, 4.69) is 15.0 Å². The summed E-state index contributed by atoms with van der Waals surface area (Å²) in [6, 6.07) is 1.35. The second-order valence-electron chi connectivity index (χ2n) is 3.66. The van der Waals surface area contributed by atoms with Crippen molar-refractivity contribution in [3.05, 3.63) is 22.8 Å². The summed E-state index contributed by atoms with van der Waals surface area (Å²) in [6.07, 6.45) is -9.03. The number of rotatable bonds is 5. The van der Waals surface area contributed by atoms with Crippen LogP contribution in [0.4, 0.5) is 32.2 Å². The molecule has 0 saturated heterocycles. The zero-order valence-electron chi connectivity index (χ0n) is 9.78. The van der Waals surface area contributed by atoms with Gasteiger partial charge in [-0.1, -0.05) is 11.6 Å². The fraction of sp³-hybridized carbons (Fsp3) is 0.500. The van der Waals surface area contributed by atoms with E-state index < -0.39 is 24.5 Å². The van der Waals surface area contributed by atoms with Crippen LogP contribution in [0.2, 0.25) is 5.15 Å². The predicted molar refractivity (Wildman–Crippen MR) is 59.6 cm³/mol. The van der Waals surface area contributed by atoms with E-state index in [9.17, 15) is 26.3 Å². The molecule has 114 valence electrons. The van der Waals surface area contributed by atoms with Gasteiger partial charge in [0.2, 0.25) is 0 Å². The number of halogens is 7. The van der Waals surface area contributed by atoms with E-state index in [1.165, 1.54) is 0 Å². The number of anilines is 1. The van der Waals surface area contributed by atoms with Crippen LogP contribution in [-0.2, 0) is 10.9 Å². The lowest BCUT2D eigenvalue weighted by Crippen LogP contribution is -2.20. The number of pyridine rings is 1. The van der Waals surface area contributed by atoms with Crippen LogP contribution in [0.5, 0.6) is 0 Å². The lowest BCUT2D eigenvalue weighted by Gasteiger charge is -2.11. The number of nitrogens with one attached hydrogen (secondary N) is 1. The van der Waals surface area contributed by atoms with Crippen molar-refractivity contribution in [3.63, 3.8) is 0 Å². The lowest BCUT2D eigenvalue weighted by molar-refractivity contribution is -0.172. The Morgan fingerprint density at radius 2 is 1.80 bits per heavy atom. The van der Waals surface area contributed by atoms with Crippen molar-refractivity contribution in [1.82, 2.24) is 4.98 Å². The minimum absolute atomic E-state index is 0.138. The Bertz CT molecular complexity index is 448. The van der Waals surface area contributed by atoms with Gasteiger partial charge in [0.1, 0.15) is 17.6 Å². The van der Waals surface area contributed by atoms with E-state index in [0.29, 0.717) is 12.1 Å². The normalized spacial score (nSPS) is 12.6. The number of hydrogen-bond acceptors (Lipinski definition) is 3. The molecule has 0 bridgehead atoms. The monoisotopic (exact) mass is 322 g/mol. The molecule has 1 aromatic heterocycles. The SMILES string of the molecule is FC(F)(F)COCCNc1cc(C(F)(F)F)cc(Cl)n1. The van der Waals surface area contributed by atoms with Crippen molar-refractivity contribution in [2.24, 2.45) is 0 Å². The van der Waals surface area contributed by atoms with E-state index >= 15 is 0 Å². The smallest absolute Gasteiger partial charge is 0.370 e. The Labute approximate surface area is 114 Å². The Balaban J connectivity index is 2.50. The summed E-state index contributed by atoms with van der Waals surface area (Å²) in [5.41, 5.74) is -1.00. The summed E-state index contributed by atoms with van der Waals surface area (Å²) in [6.45, 7) is -1.90. The van der Waals surface area contributed by atoms with Crippen molar-refractivity contribution in [2.75, 3.05) is 25.1 Å². The molecule has 0 aliphatic rings. The number of hydrogen-bond donors (Lipinski definition) is 1. The van der Waals surface area contributed by atoms with E-state index in [1.54, 1.807) is 0 Å². The minimum Gasteiger partial charge on any atom is -0.370 e. The zero-order valence-corrected chi connectivity index (χ0v) is 10.5. The van der Waals surface area contributed by atoms with Gasteiger partial charge < -0.3 is 10.1 Å². The molecule has 1 aromatic rings. The molecule has 20 heavy (non-hydrogen) atoms. The fourth-order valence-corrected chi connectivity index (χ4v) is 1.40. The molecule has 0 fully saturated rings. The van der Waals surface area contributed by atoms with Crippen molar-refractivity contribution in [2.45, 2.75) is 12.4 Å². The Morgan fingerprint density at radius 1 is 1.15 bits per heavy atom. The molecule has 0 spiro atoms. The fourth-order valence-electron chi connectivity index (χ4n) is 1.19. The molecule has 1 heterocycles. The predicted octanol–water partition coefficient (Wildman–Crippen LogP) is 3.74. The maximum absolute atomic E-state index is 12.5. The van der Waals surface area contributed by atoms with Crippen LogP contribution in [0.15, 0.2) is 12.1 Å². The van der Waals surface area contributed by atoms with Gasteiger partial charge in [-0.25, -0.2) is 4.98 Å². The number of ether oxygens (including phenoxy) is 1. The zero-order chi connectivity index (χ0) is 15.4. The average Bonchev–Trinajstić information content (AvgIpc) is 2.25. The summed E-state index contributed by atoms with van der Waals surface area (Å²) in [5, 5.41) is 2.02. The molecule has 0 amide bonds. The van der Waals surface area contributed by atoms with Crippen molar-refractivity contribution >= 4 is 17.4 Å². The third-order valence-electron chi connectivity index (χ3n) is 1.94. The molecule has 1 rings (SSSR count). The average molecular weight is 323 g/mol. The van der Waals surface area contributed by atoms with Gasteiger partial charge in [-0.05, 0) is 12.1 Å².